The van der Waals surface area contributed by atoms with Crippen molar-refractivity contribution < 1.29 is 9.21 Å². The van der Waals surface area contributed by atoms with Crippen LogP contribution >= 0.6 is 0 Å². The maximum Gasteiger partial charge on any atom is 0.417 e. The normalized spacial score (nSPS) is 17.1. The Morgan fingerprint density at radius 3 is 2.89 bits per heavy atom. The SMILES string of the molecule is NCC1(C(=O)Nc2ccc3[nH]c(=O)oc3c2)CCC1. The van der Waals surface area contributed by atoms with E-state index in [1.807, 2.05) is 0 Å². The van der Waals surface area contributed by atoms with Crippen LogP contribution in [0.2, 0.25) is 0 Å². The van der Waals surface area contributed by atoms with E-state index in [1.54, 1.807) is 18.2 Å². The summed E-state index contributed by atoms with van der Waals surface area (Å²) in [7, 11) is 0. The molecule has 1 aliphatic carbocycles. The van der Waals surface area contributed by atoms with Gasteiger partial charge in [0.25, 0.3) is 0 Å². The number of nitrogens with two attached hydrogens (primary N) is 1. The molecular formula is C13H15N3O3. The molecule has 1 aromatic heterocycles. The van der Waals surface area contributed by atoms with Crippen molar-refractivity contribution in [1.82, 2.24) is 4.98 Å². The van der Waals surface area contributed by atoms with Crippen LogP contribution in [0.25, 0.3) is 11.1 Å². The summed E-state index contributed by atoms with van der Waals surface area (Å²) in [5.74, 6) is -0.561. The number of aromatic nitrogens is 1. The van der Waals surface area contributed by atoms with Crippen molar-refractivity contribution in [2.24, 2.45) is 11.1 Å². The quantitative estimate of drug-likeness (QED) is 0.772. The Labute approximate surface area is 109 Å². The van der Waals surface area contributed by atoms with E-state index >= 15 is 0 Å². The molecule has 0 aliphatic heterocycles. The molecular weight excluding hydrogens is 246 g/mol. The Bertz CT molecular complexity index is 676. The third-order valence-electron chi connectivity index (χ3n) is 3.86. The Morgan fingerprint density at radius 2 is 2.26 bits per heavy atom. The van der Waals surface area contributed by atoms with E-state index in [2.05, 4.69) is 10.3 Å². The van der Waals surface area contributed by atoms with Gasteiger partial charge in [0.2, 0.25) is 5.91 Å². The first-order valence-electron chi connectivity index (χ1n) is 6.27. The van der Waals surface area contributed by atoms with E-state index < -0.39 is 11.2 Å². The average Bonchev–Trinajstić information content (AvgIpc) is 2.67. The molecule has 1 amide bonds. The lowest BCUT2D eigenvalue weighted by molar-refractivity contribution is -0.129. The third kappa shape index (κ3) is 1.94. The van der Waals surface area contributed by atoms with E-state index in [1.165, 1.54) is 0 Å². The molecule has 0 bridgehead atoms. The topological polar surface area (TPSA) is 101 Å². The minimum atomic E-state index is -0.504. The van der Waals surface area contributed by atoms with Crippen LogP contribution < -0.4 is 16.8 Å². The Morgan fingerprint density at radius 1 is 1.47 bits per heavy atom. The van der Waals surface area contributed by atoms with Crippen LogP contribution in [0.5, 0.6) is 0 Å². The van der Waals surface area contributed by atoms with E-state index in [0.717, 1.165) is 19.3 Å². The molecule has 4 N–H and O–H groups in total. The molecule has 6 heteroatoms. The Balaban J connectivity index is 1.84. The lowest BCUT2D eigenvalue weighted by atomic mass is 9.68. The monoisotopic (exact) mass is 261 g/mol. The van der Waals surface area contributed by atoms with Crippen molar-refractivity contribution in [2.75, 3.05) is 11.9 Å². The number of nitrogens with one attached hydrogen (secondary N) is 2. The van der Waals surface area contributed by atoms with Crippen LogP contribution in [0.4, 0.5) is 5.69 Å². The summed E-state index contributed by atoms with van der Waals surface area (Å²) < 4.78 is 4.96. The number of hydrogen-bond acceptors (Lipinski definition) is 4. The van der Waals surface area contributed by atoms with E-state index in [-0.39, 0.29) is 5.91 Å². The standard InChI is InChI=1S/C13H15N3O3/c14-7-13(4-1-5-13)11(17)15-8-2-3-9-10(6-8)19-12(18)16-9/h2-3,6H,1,4-5,7,14H2,(H,15,17)(H,16,18). The molecule has 2 aromatic rings. The average molecular weight is 261 g/mol. The molecule has 100 valence electrons. The molecule has 19 heavy (non-hydrogen) atoms. The second-order valence-corrected chi connectivity index (χ2v) is 5.02. The van der Waals surface area contributed by atoms with Gasteiger partial charge in [-0.2, -0.15) is 0 Å². The van der Waals surface area contributed by atoms with Gasteiger partial charge in [0.1, 0.15) is 0 Å². The first-order chi connectivity index (χ1) is 9.13. The summed E-state index contributed by atoms with van der Waals surface area (Å²) in [5, 5.41) is 2.84. The van der Waals surface area contributed by atoms with E-state index in [4.69, 9.17) is 10.2 Å². The summed E-state index contributed by atoms with van der Waals surface area (Å²) in [5.41, 5.74) is 6.92. The van der Waals surface area contributed by atoms with Crippen LogP contribution in [0.3, 0.4) is 0 Å². The summed E-state index contributed by atoms with van der Waals surface area (Å²) in [4.78, 5) is 25.8. The van der Waals surface area contributed by atoms with Gasteiger partial charge in [-0.3, -0.25) is 9.78 Å². The minimum Gasteiger partial charge on any atom is -0.408 e. The largest absolute Gasteiger partial charge is 0.417 e. The number of carbonyl (C=O) groups excluding carboxylic acids is 1. The molecule has 3 rings (SSSR count). The lowest BCUT2D eigenvalue weighted by Gasteiger charge is -2.39. The van der Waals surface area contributed by atoms with Gasteiger partial charge < -0.3 is 15.5 Å². The number of carbonyl (C=O) groups is 1. The molecule has 6 nitrogen and oxygen atoms in total. The molecule has 1 fully saturated rings. The van der Waals surface area contributed by atoms with E-state index in [0.29, 0.717) is 23.3 Å². The number of amides is 1. The van der Waals surface area contributed by atoms with Gasteiger partial charge in [-0.15, -0.1) is 0 Å². The maximum atomic E-state index is 12.2. The van der Waals surface area contributed by atoms with Crippen molar-refractivity contribution in [3.8, 4) is 0 Å². The zero-order valence-electron chi connectivity index (χ0n) is 10.4. The zero-order chi connectivity index (χ0) is 13.5. The summed E-state index contributed by atoms with van der Waals surface area (Å²) in [6, 6.07) is 5.06. The van der Waals surface area contributed by atoms with Gasteiger partial charge in [-0.1, -0.05) is 6.42 Å². The number of H-pyrrole nitrogens is 1. The predicted molar refractivity (Wildman–Crippen MR) is 70.8 cm³/mol. The molecule has 0 spiro atoms. The van der Waals surface area contributed by atoms with Gasteiger partial charge >= 0.3 is 5.76 Å². The first kappa shape index (κ1) is 12.0. The molecule has 0 atom stereocenters. The first-order valence-corrected chi connectivity index (χ1v) is 6.27. The van der Waals surface area contributed by atoms with Gasteiger partial charge in [0, 0.05) is 18.3 Å². The van der Waals surface area contributed by atoms with Crippen molar-refractivity contribution in [1.29, 1.82) is 0 Å². The van der Waals surface area contributed by atoms with E-state index in [9.17, 15) is 9.59 Å². The second kappa shape index (κ2) is 4.24. The summed E-state index contributed by atoms with van der Waals surface area (Å²) in [6.45, 7) is 0.361. The van der Waals surface area contributed by atoms with Crippen LogP contribution in [0.1, 0.15) is 19.3 Å². The molecule has 0 saturated heterocycles. The number of fused-ring (bicyclic) bond motifs is 1. The van der Waals surface area contributed by atoms with Crippen LogP contribution in [-0.4, -0.2) is 17.4 Å². The van der Waals surface area contributed by atoms with Gasteiger partial charge in [-0.05, 0) is 25.0 Å². The van der Waals surface area contributed by atoms with Crippen molar-refractivity contribution in [3.63, 3.8) is 0 Å². The fraction of sp³-hybridized carbons (Fsp3) is 0.385. The van der Waals surface area contributed by atoms with Crippen LogP contribution in [0, 0.1) is 5.41 Å². The molecule has 0 unspecified atom stereocenters. The van der Waals surface area contributed by atoms with Crippen LogP contribution in [-0.2, 0) is 4.79 Å². The molecule has 1 saturated carbocycles. The van der Waals surface area contributed by atoms with Gasteiger partial charge in [-0.25, -0.2) is 4.79 Å². The highest BCUT2D eigenvalue weighted by atomic mass is 16.4. The van der Waals surface area contributed by atoms with Crippen molar-refractivity contribution in [2.45, 2.75) is 19.3 Å². The number of oxazole rings is 1. The Hall–Kier alpha value is -2.08. The number of hydrogen-bond donors (Lipinski definition) is 3. The van der Waals surface area contributed by atoms with Crippen molar-refractivity contribution in [3.05, 3.63) is 28.7 Å². The third-order valence-corrected chi connectivity index (χ3v) is 3.86. The zero-order valence-corrected chi connectivity index (χ0v) is 10.4. The number of aromatic amines is 1. The van der Waals surface area contributed by atoms with Gasteiger partial charge in [0.05, 0.1) is 10.9 Å². The summed E-state index contributed by atoms with van der Waals surface area (Å²) in [6.07, 6.45) is 2.70. The molecule has 1 heterocycles. The fourth-order valence-corrected chi connectivity index (χ4v) is 2.41. The lowest BCUT2D eigenvalue weighted by Crippen LogP contribution is -2.47. The highest BCUT2D eigenvalue weighted by Crippen LogP contribution is 2.40. The second-order valence-electron chi connectivity index (χ2n) is 5.02. The highest BCUT2D eigenvalue weighted by molar-refractivity contribution is 5.97. The number of anilines is 1. The Kier molecular flexibility index (Phi) is 2.67. The fourth-order valence-electron chi connectivity index (χ4n) is 2.41. The van der Waals surface area contributed by atoms with Crippen molar-refractivity contribution >= 4 is 22.7 Å². The number of rotatable bonds is 3. The summed E-state index contributed by atoms with van der Waals surface area (Å²) >= 11 is 0. The maximum absolute atomic E-state index is 12.2. The van der Waals surface area contributed by atoms with Crippen LogP contribution in [0.15, 0.2) is 27.4 Å². The predicted octanol–water partition coefficient (Wildman–Crippen LogP) is 1.19. The molecule has 0 radical (unpaired) electrons. The minimum absolute atomic E-state index is 0.0570. The number of benzene rings is 1. The smallest absolute Gasteiger partial charge is 0.408 e. The molecule has 1 aliphatic rings. The highest BCUT2D eigenvalue weighted by Gasteiger charge is 2.42. The molecule has 1 aromatic carbocycles. The van der Waals surface area contributed by atoms with Gasteiger partial charge in [0.15, 0.2) is 5.58 Å².